The predicted octanol–water partition coefficient (Wildman–Crippen LogP) is 1.23. The van der Waals surface area contributed by atoms with Crippen LogP contribution < -0.4 is 5.32 Å². The number of nitrogens with one attached hydrogen (secondary N) is 1. The lowest BCUT2D eigenvalue weighted by molar-refractivity contribution is 0.0950. The van der Waals surface area contributed by atoms with E-state index >= 15 is 0 Å². The highest BCUT2D eigenvalue weighted by atomic mass is 16.1. The summed E-state index contributed by atoms with van der Waals surface area (Å²) in [7, 11) is 0. The maximum absolute atomic E-state index is 11.7. The summed E-state index contributed by atoms with van der Waals surface area (Å²) in [4.78, 5) is 11.7. The number of fused-ring (bicyclic) bond motifs is 1. The highest BCUT2D eigenvalue weighted by Gasteiger charge is 2.23. The van der Waals surface area contributed by atoms with Gasteiger partial charge < -0.3 is 5.32 Å². The lowest BCUT2D eigenvalue weighted by Crippen LogP contribution is -2.25. The van der Waals surface area contributed by atoms with Crippen molar-refractivity contribution in [3.05, 3.63) is 36.2 Å². The summed E-state index contributed by atoms with van der Waals surface area (Å²) < 4.78 is 1.71. The lowest BCUT2D eigenvalue weighted by atomic mass is 10.2. The molecule has 3 rings (SSSR count). The number of pyridine rings is 1. The molecule has 0 radical (unpaired) electrons. The van der Waals surface area contributed by atoms with Gasteiger partial charge in [0, 0.05) is 18.4 Å². The second-order valence-corrected chi connectivity index (χ2v) is 3.87. The highest BCUT2D eigenvalue weighted by molar-refractivity contribution is 5.94. The van der Waals surface area contributed by atoms with E-state index in [2.05, 4.69) is 10.4 Å². The minimum Gasteiger partial charge on any atom is -0.349 e. The van der Waals surface area contributed by atoms with Crippen LogP contribution in [0.1, 0.15) is 23.2 Å². The Kier molecular flexibility index (Phi) is 1.74. The van der Waals surface area contributed by atoms with E-state index in [4.69, 9.17) is 0 Å². The molecule has 0 aliphatic heterocycles. The Labute approximate surface area is 86.9 Å². The largest absolute Gasteiger partial charge is 0.349 e. The SMILES string of the molecule is O=C(NC1CC1)c1ccc2ccnn2c1. The first-order valence-corrected chi connectivity index (χ1v) is 5.07. The second-order valence-electron chi connectivity index (χ2n) is 3.87. The van der Waals surface area contributed by atoms with Crippen LogP contribution in [0.25, 0.3) is 5.52 Å². The van der Waals surface area contributed by atoms with Gasteiger partial charge in [0.05, 0.1) is 11.1 Å². The normalized spacial score (nSPS) is 15.5. The summed E-state index contributed by atoms with van der Waals surface area (Å²) in [6.07, 6.45) is 5.69. The maximum Gasteiger partial charge on any atom is 0.253 e. The van der Waals surface area contributed by atoms with Gasteiger partial charge in [-0.15, -0.1) is 0 Å². The summed E-state index contributed by atoms with van der Waals surface area (Å²) in [5.74, 6) is -0.00472. The number of hydrogen-bond acceptors (Lipinski definition) is 2. The number of nitrogens with zero attached hydrogens (tertiary/aromatic N) is 2. The van der Waals surface area contributed by atoms with Crippen molar-refractivity contribution < 1.29 is 4.79 Å². The molecule has 1 aliphatic rings. The fourth-order valence-corrected chi connectivity index (χ4v) is 1.54. The van der Waals surface area contributed by atoms with E-state index in [-0.39, 0.29) is 5.91 Å². The summed E-state index contributed by atoms with van der Waals surface area (Å²) in [6.45, 7) is 0. The van der Waals surface area contributed by atoms with Crippen LogP contribution in [0.3, 0.4) is 0 Å². The van der Waals surface area contributed by atoms with Crippen LogP contribution in [-0.2, 0) is 0 Å². The number of aromatic nitrogens is 2. The molecule has 1 amide bonds. The van der Waals surface area contributed by atoms with Gasteiger partial charge in [-0.2, -0.15) is 5.10 Å². The molecule has 2 aromatic heterocycles. The van der Waals surface area contributed by atoms with Crippen molar-refractivity contribution in [3.63, 3.8) is 0 Å². The summed E-state index contributed by atoms with van der Waals surface area (Å²) in [5, 5.41) is 7.04. The van der Waals surface area contributed by atoms with Gasteiger partial charge in [0.2, 0.25) is 0 Å². The van der Waals surface area contributed by atoms with Gasteiger partial charge in [0.25, 0.3) is 5.91 Å². The van der Waals surface area contributed by atoms with E-state index in [1.807, 2.05) is 18.2 Å². The number of hydrogen-bond donors (Lipinski definition) is 1. The van der Waals surface area contributed by atoms with Gasteiger partial charge in [0.15, 0.2) is 0 Å². The number of rotatable bonds is 2. The third-order valence-corrected chi connectivity index (χ3v) is 2.57. The standard InChI is InChI=1S/C11H11N3O/c15-11(13-9-2-3-9)8-1-4-10-5-6-12-14(10)7-8/h1,4-7,9H,2-3H2,(H,13,15). The molecule has 0 spiro atoms. The molecule has 1 saturated carbocycles. The first kappa shape index (κ1) is 8.47. The fourth-order valence-electron chi connectivity index (χ4n) is 1.54. The number of amides is 1. The van der Waals surface area contributed by atoms with E-state index in [1.165, 1.54) is 0 Å². The first-order valence-electron chi connectivity index (χ1n) is 5.07. The van der Waals surface area contributed by atoms with Gasteiger partial charge in [-0.3, -0.25) is 4.79 Å². The molecule has 2 heterocycles. The predicted molar refractivity (Wildman–Crippen MR) is 55.7 cm³/mol. The third-order valence-electron chi connectivity index (χ3n) is 2.57. The molecule has 1 aliphatic carbocycles. The van der Waals surface area contributed by atoms with Crippen molar-refractivity contribution in [2.75, 3.05) is 0 Å². The Morgan fingerprint density at radius 3 is 3.07 bits per heavy atom. The summed E-state index contributed by atoms with van der Waals surface area (Å²) in [5.41, 5.74) is 1.66. The third kappa shape index (κ3) is 1.58. The molecule has 0 saturated heterocycles. The zero-order chi connectivity index (χ0) is 10.3. The zero-order valence-electron chi connectivity index (χ0n) is 8.18. The van der Waals surface area contributed by atoms with Crippen LogP contribution >= 0.6 is 0 Å². The van der Waals surface area contributed by atoms with Crippen molar-refractivity contribution in [2.45, 2.75) is 18.9 Å². The molecule has 76 valence electrons. The van der Waals surface area contributed by atoms with E-state index in [0.717, 1.165) is 18.4 Å². The van der Waals surface area contributed by atoms with Crippen LogP contribution in [0, 0.1) is 0 Å². The average molecular weight is 201 g/mol. The van der Waals surface area contributed by atoms with Gasteiger partial charge >= 0.3 is 0 Å². The van der Waals surface area contributed by atoms with Crippen molar-refractivity contribution in [1.82, 2.24) is 14.9 Å². The van der Waals surface area contributed by atoms with Gasteiger partial charge in [-0.1, -0.05) is 0 Å². The lowest BCUT2D eigenvalue weighted by Gasteiger charge is -2.03. The average Bonchev–Trinajstić information content (AvgIpc) is 2.94. The second kappa shape index (κ2) is 3.08. The van der Waals surface area contributed by atoms with E-state index in [0.29, 0.717) is 11.6 Å². The van der Waals surface area contributed by atoms with Crippen LogP contribution in [0.2, 0.25) is 0 Å². The molecule has 4 heteroatoms. The van der Waals surface area contributed by atoms with Crippen LogP contribution in [0.15, 0.2) is 30.6 Å². The molecule has 1 N–H and O–H groups in total. The van der Waals surface area contributed by atoms with Crippen molar-refractivity contribution >= 4 is 11.4 Å². The topological polar surface area (TPSA) is 46.4 Å². The first-order chi connectivity index (χ1) is 7.33. The Bertz CT molecular complexity index is 513. The van der Waals surface area contributed by atoms with Crippen molar-refractivity contribution in [1.29, 1.82) is 0 Å². The molecule has 0 atom stereocenters. The van der Waals surface area contributed by atoms with Crippen LogP contribution in [-0.4, -0.2) is 21.6 Å². The van der Waals surface area contributed by atoms with Crippen molar-refractivity contribution in [2.24, 2.45) is 0 Å². The van der Waals surface area contributed by atoms with Gasteiger partial charge in [-0.25, -0.2) is 4.52 Å². The molecule has 0 unspecified atom stereocenters. The number of carbonyl (C=O) groups excluding carboxylic acids is 1. The Hall–Kier alpha value is -1.84. The number of carbonyl (C=O) groups is 1. The Morgan fingerprint density at radius 2 is 2.27 bits per heavy atom. The van der Waals surface area contributed by atoms with E-state index < -0.39 is 0 Å². The quantitative estimate of drug-likeness (QED) is 0.794. The highest BCUT2D eigenvalue weighted by Crippen LogP contribution is 2.19. The molecular weight excluding hydrogens is 190 g/mol. The van der Waals surface area contributed by atoms with E-state index in [9.17, 15) is 4.79 Å². The molecule has 1 fully saturated rings. The van der Waals surface area contributed by atoms with Crippen molar-refractivity contribution in [3.8, 4) is 0 Å². The molecule has 4 nitrogen and oxygen atoms in total. The fraction of sp³-hybridized carbons (Fsp3) is 0.273. The van der Waals surface area contributed by atoms with Gasteiger partial charge in [0.1, 0.15) is 0 Å². The van der Waals surface area contributed by atoms with Crippen LogP contribution in [0.5, 0.6) is 0 Å². The molecular formula is C11H11N3O. The molecule has 0 bridgehead atoms. The smallest absolute Gasteiger partial charge is 0.253 e. The van der Waals surface area contributed by atoms with E-state index in [1.54, 1.807) is 16.9 Å². The summed E-state index contributed by atoms with van der Waals surface area (Å²) in [6, 6.07) is 6.03. The zero-order valence-corrected chi connectivity index (χ0v) is 8.18. The summed E-state index contributed by atoms with van der Waals surface area (Å²) >= 11 is 0. The molecule has 15 heavy (non-hydrogen) atoms. The molecule has 2 aromatic rings. The van der Waals surface area contributed by atoms with Gasteiger partial charge in [-0.05, 0) is 31.0 Å². The minimum absolute atomic E-state index is 0.00472. The maximum atomic E-state index is 11.7. The molecule has 0 aromatic carbocycles. The minimum atomic E-state index is -0.00472. The Balaban J connectivity index is 1.91. The Morgan fingerprint density at radius 1 is 1.40 bits per heavy atom. The van der Waals surface area contributed by atoms with Crippen LogP contribution in [0.4, 0.5) is 0 Å². The monoisotopic (exact) mass is 201 g/mol.